The molecule has 0 aromatic rings. The van der Waals surface area contributed by atoms with Crippen LogP contribution in [0.4, 0.5) is 0 Å². The molecule has 11 heteroatoms. The van der Waals surface area contributed by atoms with Gasteiger partial charge in [0.25, 0.3) is 20.2 Å². The normalized spacial score (nSPS) is 16.8. The molecule has 1 aliphatic heterocycles. The number of cyclic esters (lactones) is 2. The van der Waals surface area contributed by atoms with Crippen molar-refractivity contribution in [2.24, 2.45) is 0 Å². The van der Waals surface area contributed by atoms with E-state index in [9.17, 15) is 26.4 Å². The van der Waals surface area contributed by atoms with Crippen LogP contribution in [0.2, 0.25) is 0 Å². The first-order valence-corrected chi connectivity index (χ1v) is 7.38. The van der Waals surface area contributed by atoms with E-state index in [0.29, 0.717) is 0 Å². The van der Waals surface area contributed by atoms with Gasteiger partial charge in [0.2, 0.25) is 0 Å². The van der Waals surface area contributed by atoms with Crippen molar-refractivity contribution in [3.8, 4) is 0 Å². The molecule has 0 spiro atoms. The molecule has 0 aromatic heterocycles. The van der Waals surface area contributed by atoms with E-state index < -0.39 is 43.2 Å². The molecular formula is C7H10O9S2. The fraction of sp³-hybridized carbons (Fsp3) is 0.429. The van der Waals surface area contributed by atoms with E-state index >= 15 is 0 Å². The highest BCUT2D eigenvalue weighted by atomic mass is 32.2. The maximum absolute atomic E-state index is 10.2. The summed E-state index contributed by atoms with van der Waals surface area (Å²) in [6.45, 7) is 0.975. The van der Waals surface area contributed by atoms with Crippen LogP contribution in [-0.4, -0.2) is 48.9 Å². The van der Waals surface area contributed by atoms with Crippen LogP contribution in [0.1, 0.15) is 6.92 Å². The second-order valence-electron chi connectivity index (χ2n) is 3.15. The fourth-order valence-electron chi connectivity index (χ4n) is 0.686. The minimum Gasteiger partial charge on any atom is -0.387 e. The average Bonchev–Trinajstić information content (AvgIpc) is 2.46. The van der Waals surface area contributed by atoms with Gasteiger partial charge >= 0.3 is 11.9 Å². The van der Waals surface area contributed by atoms with E-state index in [0.717, 1.165) is 19.1 Å². The van der Waals surface area contributed by atoms with Crippen molar-refractivity contribution in [3.05, 3.63) is 12.2 Å². The Balaban J connectivity index is 0.000000351. The Hall–Kier alpha value is -1.30. The number of carbonyl (C=O) groups excluding carboxylic acids is 2. The molecule has 0 radical (unpaired) electrons. The van der Waals surface area contributed by atoms with Crippen molar-refractivity contribution in [1.29, 1.82) is 0 Å². The van der Waals surface area contributed by atoms with Crippen molar-refractivity contribution in [2.75, 3.05) is 5.75 Å². The van der Waals surface area contributed by atoms with Crippen LogP contribution in [-0.2, 0) is 34.6 Å². The first-order chi connectivity index (χ1) is 7.92. The highest BCUT2D eigenvalue weighted by Crippen LogP contribution is 2.00. The Labute approximate surface area is 103 Å². The molecule has 1 unspecified atom stereocenters. The summed E-state index contributed by atoms with van der Waals surface area (Å²) in [5.41, 5.74) is 0. The maximum Gasteiger partial charge on any atom is 0.338 e. The Kier molecular flexibility index (Phi) is 5.60. The first kappa shape index (κ1) is 16.7. The van der Waals surface area contributed by atoms with Gasteiger partial charge < -0.3 is 4.74 Å². The largest absolute Gasteiger partial charge is 0.387 e. The van der Waals surface area contributed by atoms with Crippen LogP contribution in [0.15, 0.2) is 12.2 Å². The van der Waals surface area contributed by atoms with E-state index in [1.54, 1.807) is 0 Å². The number of rotatable bonds is 3. The van der Waals surface area contributed by atoms with Crippen molar-refractivity contribution in [2.45, 2.75) is 12.2 Å². The Morgan fingerprint density at radius 2 is 1.50 bits per heavy atom. The van der Waals surface area contributed by atoms with E-state index in [4.69, 9.17) is 9.11 Å². The Morgan fingerprint density at radius 3 is 1.61 bits per heavy atom. The standard InChI is InChI=1S/C4H2O3.C3H8O6S2/c5-3-1-2-4(6)7-3;1-3(11(7,8)9)2-10(4,5)6/h1-2H;3H,2H2,1H3,(H,4,5,6)(H,7,8,9). The Morgan fingerprint density at radius 1 is 1.11 bits per heavy atom. The zero-order chi connectivity index (χ0) is 14.6. The monoisotopic (exact) mass is 302 g/mol. The predicted molar refractivity (Wildman–Crippen MR) is 57.7 cm³/mol. The molecule has 2 N–H and O–H groups in total. The molecule has 0 amide bonds. The second kappa shape index (κ2) is 6.04. The molecule has 1 aliphatic rings. The van der Waals surface area contributed by atoms with E-state index in [2.05, 4.69) is 4.74 Å². The zero-order valence-electron chi connectivity index (χ0n) is 9.01. The summed E-state index contributed by atoms with van der Waals surface area (Å²) in [4.78, 5) is 19.8. The highest BCUT2D eigenvalue weighted by Gasteiger charge is 2.23. The van der Waals surface area contributed by atoms with E-state index in [1.807, 2.05) is 0 Å². The molecule has 0 fully saturated rings. The van der Waals surface area contributed by atoms with Gasteiger partial charge in [0.05, 0.1) is 11.0 Å². The summed E-state index contributed by atoms with van der Waals surface area (Å²) in [6, 6.07) is 0. The van der Waals surface area contributed by atoms with Crippen molar-refractivity contribution in [1.82, 2.24) is 0 Å². The minimum absolute atomic E-state index is 0.579. The predicted octanol–water partition coefficient (Wildman–Crippen LogP) is -1.22. The minimum atomic E-state index is -4.38. The van der Waals surface area contributed by atoms with Gasteiger partial charge in [-0.1, -0.05) is 0 Å². The van der Waals surface area contributed by atoms with Gasteiger partial charge in [0.1, 0.15) is 0 Å². The molecule has 1 heterocycles. The number of carbonyl (C=O) groups is 2. The molecule has 9 nitrogen and oxygen atoms in total. The van der Waals surface area contributed by atoms with Gasteiger partial charge in [0.15, 0.2) is 0 Å². The van der Waals surface area contributed by atoms with Crippen LogP contribution in [0.3, 0.4) is 0 Å². The van der Waals surface area contributed by atoms with E-state index in [-0.39, 0.29) is 0 Å². The van der Waals surface area contributed by atoms with Crippen LogP contribution in [0, 0.1) is 0 Å². The maximum atomic E-state index is 10.2. The molecule has 0 aliphatic carbocycles. The number of hydrogen-bond acceptors (Lipinski definition) is 7. The van der Waals surface area contributed by atoms with Crippen molar-refractivity contribution < 1.29 is 40.3 Å². The fourth-order valence-corrected chi connectivity index (χ4v) is 2.48. The van der Waals surface area contributed by atoms with Crippen molar-refractivity contribution in [3.63, 3.8) is 0 Å². The lowest BCUT2D eigenvalue weighted by Gasteiger charge is -2.03. The van der Waals surface area contributed by atoms with Gasteiger partial charge in [-0.2, -0.15) is 16.8 Å². The zero-order valence-corrected chi connectivity index (χ0v) is 10.6. The molecule has 1 rings (SSSR count). The quantitative estimate of drug-likeness (QED) is 0.371. The van der Waals surface area contributed by atoms with Gasteiger partial charge in [0, 0.05) is 12.2 Å². The number of ether oxygens (including phenoxy) is 1. The third-order valence-electron chi connectivity index (χ3n) is 1.51. The van der Waals surface area contributed by atoms with Crippen LogP contribution < -0.4 is 0 Å². The van der Waals surface area contributed by atoms with Gasteiger partial charge in [-0.05, 0) is 6.92 Å². The van der Waals surface area contributed by atoms with Crippen LogP contribution in [0.25, 0.3) is 0 Å². The smallest absolute Gasteiger partial charge is 0.338 e. The summed E-state index contributed by atoms with van der Waals surface area (Å²) in [6.07, 6.45) is 2.17. The molecule has 0 saturated heterocycles. The topological polar surface area (TPSA) is 152 Å². The summed E-state index contributed by atoms with van der Waals surface area (Å²) in [5, 5.41) is -1.50. The average molecular weight is 302 g/mol. The summed E-state index contributed by atoms with van der Waals surface area (Å²) < 4.78 is 60.9. The lowest BCUT2D eigenvalue weighted by Crippen LogP contribution is -2.25. The van der Waals surface area contributed by atoms with Gasteiger partial charge in [-0.25, -0.2) is 9.59 Å². The molecule has 0 saturated carbocycles. The summed E-state index contributed by atoms with van der Waals surface area (Å²) in [5.74, 6) is -2.15. The molecule has 0 bridgehead atoms. The molecule has 1 atom stereocenters. The third-order valence-corrected chi connectivity index (χ3v) is 3.83. The summed E-state index contributed by atoms with van der Waals surface area (Å²) >= 11 is 0. The molecular weight excluding hydrogens is 292 g/mol. The number of esters is 2. The second-order valence-corrected chi connectivity index (χ2v) is 6.48. The van der Waals surface area contributed by atoms with Gasteiger partial charge in [-0.15, -0.1) is 0 Å². The lowest BCUT2D eigenvalue weighted by molar-refractivity contribution is -0.150. The first-order valence-electron chi connectivity index (χ1n) is 4.27. The SMILES string of the molecule is CC(CS(=O)(=O)O)S(=O)(=O)O.O=C1C=CC(=O)O1. The van der Waals surface area contributed by atoms with Gasteiger partial charge in [-0.3, -0.25) is 9.11 Å². The Bertz CT molecular complexity index is 538. The summed E-state index contributed by atoms with van der Waals surface area (Å²) in [7, 11) is -8.72. The highest BCUT2D eigenvalue weighted by molar-refractivity contribution is 7.90. The lowest BCUT2D eigenvalue weighted by atomic mass is 10.6. The molecule has 0 aromatic carbocycles. The van der Waals surface area contributed by atoms with Crippen LogP contribution in [0.5, 0.6) is 0 Å². The van der Waals surface area contributed by atoms with Crippen molar-refractivity contribution >= 4 is 32.2 Å². The molecule has 18 heavy (non-hydrogen) atoms. The third kappa shape index (κ3) is 7.89. The molecule has 104 valence electrons. The van der Waals surface area contributed by atoms with E-state index in [1.165, 1.54) is 0 Å². The number of hydrogen-bond donors (Lipinski definition) is 2. The van der Waals surface area contributed by atoms with Crippen LogP contribution >= 0.6 is 0 Å².